The van der Waals surface area contributed by atoms with Gasteiger partial charge in [0, 0.05) is 48.0 Å². The Labute approximate surface area is 222 Å². The van der Waals surface area contributed by atoms with Crippen LogP contribution in [0, 0.1) is 20.8 Å². The van der Waals surface area contributed by atoms with E-state index in [0.29, 0.717) is 6.04 Å². The molecule has 0 saturated heterocycles. The first-order valence-corrected chi connectivity index (χ1v) is 13.1. The molecule has 6 nitrogen and oxygen atoms in total. The number of carbonyl (C=O) groups excluding carboxylic acids is 1. The summed E-state index contributed by atoms with van der Waals surface area (Å²) in [5.41, 5.74) is 12.5. The van der Waals surface area contributed by atoms with Gasteiger partial charge in [-0.2, -0.15) is 0 Å². The number of nitrogens with one attached hydrogen (secondary N) is 3. The second-order valence-electron chi connectivity index (χ2n) is 10.1. The fraction of sp³-hybridized carbons (Fsp3) is 0.300. The molecule has 1 amide bonds. The van der Waals surface area contributed by atoms with Crippen molar-refractivity contribution >= 4 is 34.5 Å². The van der Waals surface area contributed by atoms with Crippen molar-refractivity contribution in [2.75, 3.05) is 6.54 Å². The number of hydroxylamine groups is 1. The lowest BCUT2D eigenvalue weighted by Gasteiger charge is -2.30. The van der Waals surface area contributed by atoms with Gasteiger partial charge < -0.3 is 9.97 Å². The van der Waals surface area contributed by atoms with Crippen LogP contribution >= 0.6 is 11.6 Å². The maximum Gasteiger partial charge on any atom is 0.267 e. The number of aromatic amines is 2. The maximum atomic E-state index is 11.4. The van der Waals surface area contributed by atoms with Crippen LogP contribution in [0.1, 0.15) is 57.1 Å². The number of amides is 1. The standard InChI is InChI=1S/C30H33ClN4O2/c1-18-4-8-24-23(16-32-26(24)14-18)12-13-35(17-27-19(2)20(3)30(31)33-27)28-10-7-22-15-21(5-9-25(22)28)6-11-29(36)34-37/h4-6,8-9,11,14-16,28,32-33,37H,7,10,12-13,17H2,1-3H3,(H,34,36). The summed E-state index contributed by atoms with van der Waals surface area (Å²) >= 11 is 6.45. The van der Waals surface area contributed by atoms with Crippen molar-refractivity contribution in [2.24, 2.45) is 0 Å². The number of fused-ring (bicyclic) bond motifs is 2. The molecule has 1 aliphatic carbocycles. The minimum Gasteiger partial charge on any atom is -0.361 e. The van der Waals surface area contributed by atoms with E-state index in [1.54, 1.807) is 11.6 Å². The Balaban J connectivity index is 1.42. The Kier molecular flexibility index (Phi) is 7.24. The van der Waals surface area contributed by atoms with E-state index >= 15 is 0 Å². The second kappa shape index (κ2) is 10.6. The highest BCUT2D eigenvalue weighted by molar-refractivity contribution is 6.30. The van der Waals surface area contributed by atoms with Crippen LogP contribution in [0.3, 0.4) is 0 Å². The highest BCUT2D eigenvalue weighted by Gasteiger charge is 2.29. The zero-order valence-electron chi connectivity index (χ0n) is 21.5. The number of nitrogens with zero attached hydrogens (tertiary/aromatic N) is 1. The summed E-state index contributed by atoms with van der Waals surface area (Å²) < 4.78 is 0. The number of aromatic nitrogens is 2. The van der Waals surface area contributed by atoms with E-state index in [1.807, 2.05) is 6.07 Å². The lowest BCUT2D eigenvalue weighted by Crippen LogP contribution is -2.30. The molecule has 192 valence electrons. The summed E-state index contributed by atoms with van der Waals surface area (Å²) in [6, 6.07) is 13.3. The molecular formula is C30H33ClN4O2. The largest absolute Gasteiger partial charge is 0.361 e. The van der Waals surface area contributed by atoms with Gasteiger partial charge in [0.25, 0.3) is 5.91 Å². The zero-order chi connectivity index (χ0) is 26.1. The van der Waals surface area contributed by atoms with Crippen LogP contribution < -0.4 is 5.48 Å². The highest BCUT2D eigenvalue weighted by Crippen LogP contribution is 2.38. The van der Waals surface area contributed by atoms with Crippen LogP contribution in [0.4, 0.5) is 0 Å². The lowest BCUT2D eigenvalue weighted by atomic mass is 10.0. The summed E-state index contributed by atoms with van der Waals surface area (Å²) in [6.45, 7) is 8.03. The van der Waals surface area contributed by atoms with Gasteiger partial charge in [-0.3, -0.25) is 14.9 Å². The van der Waals surface area contributed by atoms with Gasteiger partial charge in [0.15, 0.2) is 0 Å². The van der Waals surface area contributed by atoms with Crippen LogP contribution in [-0.4, -0.2) is 32.5 Å². The third kappa shape index (κ3) is 5.23. The molecule has 0 radical (unpaired) electrons. The number of carbonyl (C=O) groups is 1. The molecule has 1 atom stereocenters. The van der Waals surface area contributed by atoms with Crippen molar-refractivity contribution < 1.29 is 10.0 Å². The summed E-state index contributed by atoms with van der Waals surface area (Å²) in [6.07, 6.45) is 8.18. The van der Waals surface area contributed by atoms with E-state index in [9.17, 15) is 4.79 Å². The van der Waals surface area contributed by atoms with Gasteiger partial charge in [0.05, 0.1) is 0 Å². The first kappa shape index (κ1) is 25.3. The van der Waals surface area contributed by atoms with Crippen molar-refractivity contribution in [3.8, 4) is 0 Å². The van der Waals surface area contributed by atoms with Crippen LogP contribution in [0.5, 0.6) is 0 Å². The monoisotopic (exact) mass is 516 g/mol. The van der Waals surface area contributed by atoms with Crippen molar-refractivity contribution in [1.82, 2.24) is 20.3 Å². The lowest BCUT2D eigenvalue weighted by molar-refractivity contribution is -0.124. The molecule has 0 fully saturated rings. The fourth-order valence-corrected chi connectivity index (χ4v) is 5.75. The minimum absolute atomic E-state index is 0.294. The number of benzene rings is 2. The van der Waals surface area contributed by atoms with Gasteiger partial charge in [0.1, 0.15) is 5.15 Å². The van der Waals surface area contributed by atoms with E-state index < -0.39 is 5.91 Å². The molecule has 0 bridgehead atoms. The summed E-state index contributed by atoms with van der Waals surface area (Å²) in [5, 5.41) is 10.7. The number of hydrogen-bond acceptors (Lipinski definition) is 3. The van der Waals surface area contributed by atoms with E-state index in [1.165, 1.54) is 50.5 Å². The molecule has 4 N–H and O–H groups in total. The second-order valence-corrected chi connectivity index (χ2v) is 10.5. The number of rotatable bonds is 8. The minimum atomic E-state index is -0.535. The van der Waals surface area contributed by atoms with Crippen molar-refractivity contribution in [3.63, 3.8) is 0 Å². The molecule has 0 aliphatic heterocycles. The molecule has 5 rings (SSSR count). The molecule has 7 heteroatoms. The average molecular weight is 517 g/mol. The number of halogens is 1. The molecule has 1 unspecified atom stereocenters. The molecule has 1 aliphatic rings. The summed E-state index contributed by atoms with van der Waals surface area (Å²) in [4.78, 5) is 20.8. The van der Waals surface area contributed by atoms with Crippen molar-refractivity contribution in [1.29, 1.82) is 0 Å². The van der Waals surface area contributed by atoms with Crippen molar-refractivity contribution in [3.05, 3.63) is 98.5 Å². The molecule has 2 heterocycles. The van der Waals surface area contributed by atoms with Crippen molar-refractivity contribution in [2.45, 2.75) is 52.6 Å². The van der Waals surface area contributed by atoms with Gasteiger partial charge in [-0.1, -0.05) is 41.9 Å². The molecule has 2 aromatic heterocycles. The number of hydrogen-bond donors (Lipinski definition) is 4. The van der Waals surface area contributed by atoms with Crippen LogP contribution in [0.15, 0.2) is 48.7 Å². The Morgan fingerprint density at radius 1 is 1.19 bits per heavy atom. The molecular weight excluding hydrogens is 484 g/mol. The number of H-pyrrole nitrogens is 2. The van der Waals surface area contributed by atoms with E-state index in [0.717, 1.165) is 48.6 Å². The topological polar surface area (TPSA) is 84.2 Å². The summed E-state index contributed by atoms with van der Waals surface area (Å²) in [7, 11) is 0. The Morgan fingerprint density at radius 3 is 2.78 bits per heavy atom. The fourth-order valence-electron chi connectivity index (χ4n) is 5.50. The zero-order valence-corrected chi connectivity index (χ0v) is 22.2. The summed E-state index contributed by atoms with van der Waals surface area (Å²) in [5.74, 6) is -0.535. The van der Waals surface area contributed by atoms with Crippen LogP contribution in [-0.2, 0) is 24.2 Å². The van der Waals surface area contributed by atoms with E-state index in [-0.39, 0.29) is 0 Å². The Bertz CT molecular complexity index is 1480. The van der Waals surface area contributed by atoms with E-state index in [2.05, 4.69) is 72.2 Å². The molecule has 4 aromatic rings. The molecule has 0 saturated carbocycles. The third-order valence-electron chi connectivity index (χ3n) is 7.75. The molecule has 0 spiro atoms. The number of aryl methyl sites for hydroxylation is 2. The predicted octanol–water partition coefficient (Wildman–Crippen LogP) is 6.33. The first-order valence-electron chi connectivity index (χ1n) is 12.7. The Hall–Kier alpha value is -3.32. The average Bonchev–Trinajstić information content (AvgIpc) is 3.57. The third-order valence-corrected chi connectivity index (χ3v) is 8.13. The first-order chi connectivity index (χ1) is 17.8. The highest BCUT2D eigenvalue weighted by atomic mass is 35.5. The molecule has 37 heavy (non-hydrogen) atoms. The van der Waals surface area contributed by atoms with Gasteiger partial charge in [0.2, 0.25) is 0 Å². The van der Waals surface area contributed by atoms with Crippen LogP contribution in [0.2, 0.25) is 5.15 Å². The van der Waals surface area contributed by atoms with E-state index in [4.69, 9.17) is 16.8 Å². The van der Waals surface area contributed by atoms with Gasteiger partial charge >= 0.3 is 0 Å². The molecule has 2 aromatic carbocycles. The quantitative estimate of drug-likeness (QED) is 0.125. The van der Waals surface area contributed by atoms with Crippen LogP contribution in [0.25, 0.3) is 17.0 Å². The van der Waals surface area contributed by atoms with Gasteiger partial charge in [-0.05, 0) is 91.1 Å². The van der Waals surface area contributed by atoms with Gasteiger partial charge in [-0.25, -0.2) is 5.48 Å². The van der Waals surface area contributed by atoms with Gasteiger partial charge in [-0.15, -0.1) is 0 Å². The Morgan fingerprint density at radius 2 is 2.03 bits per heavy atom. The predicted molar refractivity (Wildman–Crippen MR) is 149 cm³/mol. The normalized spacial score (nSPS) is 15.2. The SMILES string of the molecule is Cc1ccc2c(CCN(Cc3[nH]c(Cl)c(C)c3C)C3CCc4cc(C=CC(=O)NO)ccc43)c[nH]c2c1. The smallest absolute Gasteiger partial charge is 0.267 e. The maximum absolute atomic E-state index is 11.4.